The molecule has 0 spiro atoms. The van der Waals surface area contributed by atoms with Crippen molar-refractivity contribution < 1.29 is 9.53 Å². The van der Waals surface area contributed by atoms with Gasteiger partial charge in [0.25, 0.3) is 5.91 Å². The van der Waals surface area contributed by atoms with Crippen molar-refractivity contribution in [3.63, 3.8) is 0 Å². The second kappa shape index (κ2) is 4.37. The number of hydrogen-bond donors (Lipinski definition) is 2. The zero-order valence-electron chi connectivity index (χ0n) is 9.61. The van der Waals surface area contributed by atoms with Crippen molar-refractivity contribution in [2.24, 2.45) is 5.92 Å². The Balaban J connectivity index is 1.72. The molecule has 0 radical (unpaired) electrons. The van der Waals surface area contributed by atoms with E-state index >= 15 is 0 Å². The van der Waals surface area contributed by atoms with Crippen LogP contribution < -0.4 is 15.4 Å². The van der Waals surface area contributed by atoms with Crippen molar-refractivity contribution in [2.45, 2.75) is 18.9 Å². The zero-order chi connectivity index (χ0) is 11.7. The van der Waals surface area contributed by atoms with Crippen molar-refractivity contribution in [2.75, 3.05) is 18.4 Å². The van der Waals surface area contributed by atoms with Crippen molar-refractivity contribution in [3.8, 4) is 5.75 Å². The van der Waals surface area contributed by atoms with E-state index in [1.807, 2.05) is 24.3 Å². The molecule has 2 aliphatic rings. The molecule has 1 aromatic carbocycles. The number of hydrogen-bond acceptors (Lipinski definition) is 3. The maximum absolute atomic E-state index is 11.9. The quantitative estimate of drug-likeness (QED) is 0.810. The van der Waals surface area contributed by atoms with Gasteiger partial charge < -0.3 is 15.4 Å². The molecule has 3 rings (SSSR count). The smallest absolute Gasteiger partial charge is 0.265 e. The summed E-state index contributed by atoms with van der Waals surface area (Å²) in [5, 5.41) is 6.21. The van der Waals surface area contributed by atoms with Gasteiger partial charge >= 0.3 is 0 Å². The molecule has 2 atom stereocenters. The predicted octanol–water partition coefficient (Wildman–Crippen LogP) is 1.39. The van der Waals surface area contributed by atoms with E-state index in [2.05, 4.69) is 10.6 Å². The molecule has 2 aliphatic heterocycles. The maximum atomic E-state index is 11.9. The van der Waals surface area contributed by atoms with Crippen molar-refractivity contribution in [3.05, 3.63) is 24.3 Å². The number of carbonyl (C=O) groups is 1. The van der Waals surface area contributed by atoms with Crippen LogP contribution in [0.15, 0.2) is 24.3 Å². The Hall–Kier alpha value is -1.55. The summed E-state index contributed by atoms with van der Waals surface area (Å²) < 4.78 is 5.77. The largest absolute Gasteiger partial charge is 0.478 e. The minimum absolute atomic E-state index is 0.0180. The minimum Gasteiger partial charge on any atom is -0.478 e. The van der Waals surface area contributed by atoms with Crippen LogP contribution >= 0.6 is 0 Å². The van der Waals surface area contributed by atoms with Crippen LogP contribution in [0.1, 0.15) is 12.8 Å². The molecule has 0 bridgehead atoms. The molecule has 90 valence electrons. The van der Waals surface area contributed by atoms with Crippen molar-refractivity contribution >= 4 is 11.6 Å². The van der Waals surface area contributed by atoms with Crippen molar-refractivity contribution in [1.29, 1.82) is 0 Å². The van der Waals surface area contributed by atoms with Gasteiger partial charge in [-0.25, -0.2) is 0 Å². The lowest BCUT2D eigenvalue weighted by Gasteiger charge is -2.27. The van der Waals surface area contributed by atoms with E-state index in [9.17, 15) is 4.79 Å². The van der Waals surface area contributed by atoms with Gasteiger partial charge in [0, 0.05) is 0 Å². The Morgan fingerprint density at radius 2 is 2.24 bits per heavy atom. The Kier molecular flexibility index (Phi) is 2.73. The highest BCUT2D eigenvalue weighted by molar-refractivity contribution is 5.97. The van der Waals surface area contributed by atoms with Crippen LogP contribution in [0.4, 0.5) is 5.69 Å². The zero-order valence-corrected chi connectivity index (χ0v) is 9.61. The highest BCUT2D eigenvalue weighted by atomic mass is 16.5. The van der Waals surface area contributed by atoms with Crippen LogP contribution in [0.2, 0.25) is 0 Å². The van der Waals surface area contributed by atoms with Gasteiger partial charge in [0.1, 0.15) is 5.75 Å². The van der Waals surface area contributed by atoms with E-state index in [4.69, 9.17) is 4.74 Å². The molecule has 4 heteroatoms. The van der Waals surface area contributed by atoms with Gasteiger partial charge in [0.2, 0.25) is 0 Å². The first-order valence-electron chi connectivity index (χ1n) is 6.10. The first-order chi connectivity index (χ1) is 8.33. The van der Waals surface area contributed by atoms with Gasteiger partial charge in [0.15, 0.2) is 6.10 Å². The summed E-state index contributed by atoms with van der Waals surface area (Å²) in [5.41, 5.74) is 0.776. The predicted molar refractivity (Wildman–Crippen MR) is 65.1 cm³/mol. The molecule has 17 heavy (non-hydrogen) atoms. The van der Waals surface area contributed by atoms with Gasteiger partial charge in [-0.1, -0.05) is 12.1 Å². The van der Waals surface area contributed by atoms with E-state index < -0.39 is 0 Å². The van der Waals surface area contributed by atoms with Crippen LogP contribution in [0.5, 0.6) is 5.75 Å². The van der Waals surface area contributed by atoms with E-state index in [1.165, 1.54) is 0 Å². The monoisotopic (exact) mass is 232 g/mol. The molecule has 2 N–H and O–H groups in total. The number of rotatable bonds is 2. The fourth-order valence-electron chi connectivity index (χ4n) is 2.47. The van der Waals surface area contributed by atoms with Crippen molar-refractivity contribution in [1.82, 2.24) is 5.32 Å². The second-order valence-corrected chi connectivity index (χ2v) is 4.69. The number of benzene rings is 1. The van der Waals surface area contributed by atoms with Crippen LogP contribution in [0.25, 0.3) is 0 Å². The molecule has 0 aromatic heterocycles. The highest BCUT2D eigenvalue weighted by Gasteiger charge is 2.30. The molecule has 1 fully saturated rings. The molecule has 1 saturated heterocycles. The van der Waals surface area contributed by atoms with E-state index in [0.717, 1.165) is 37.4 Å². The fourth-order valence-corrected chi connectivity index (χ4v) is 2.47. The SMILES string of the molecule is O=C1Nc2ccccc2OC1CC1CCNC1. The Bertz CT molecular complexity index is 427. The second-order valence-electron chi connectivity index (χ2n) is 4.69. The summed E-state index contributed by atoms with van der Waals surface area (Å²) in [6.45, 7) is 2.05. The molecule has 2 unspecified atom stereocenters. The van der Waals surface area contributed by atoms with Gasteiger partial charge in [-0.2, -0.15) is 0 Å². The average Bonchev–Trinajstić information content (AvgIpc) is 2.83. The normalized spacial score (nSPS) is 27.2. The number of para-hydroxylation sites is 2. The van der Waals surface area contributed by atoms with Gasteiger partial charge in [-0.05, 0) is 44.0 Å². The maximum Gasteiger partial charge on any atom is 0.265 e. The van der Waals surface area contributed by atoms with Crippen LogP contribution in [0, 0.1) is 5.92 Å². The lowest BCUT2D eigenvalue weighted by Crippen LogP contribution is -2.38. The molecule has 0 aliphatic carbocycles. The summed E-state index contributed by atoms with van der Waals surface area (Å²) in [7, 11) is 0. The van der Waals surface area contributed by atoms with Crippen LogP contribution in [-0.2, 0) is 4.79 Å². The lowest BCUT2D eigenvalue weighted by molar-refractivity contribution is -0.124. The average molecular weight is 232 g/mol. The summed E-state index contributed by atoms with van der Waals surface area (Å²) in [6.07, 6.45) is 1.59. The number of amides is 1. The third kappa shape index (κ3) is 2.13. The number of anilines is 1. The summed E-state index contributed by atoms with van der Waals surface area (Å²) in [4.78, 5) is 11.9. The molecule has 0 saturated carbocycles. The molecular weight excluding hydrogens is 216 g/mol. The topological polar surface area (TPSA) is 50.4 Å². The third-order valence-electron chi connectivity index (χ3n) is 3.42. The van der Waals surface area contributed by atoms with Gasteiger partial charge in [0.05, 0.1) is 5.69 Å². The lowest BCUT2D eigenvalue weighted by atomic mass is 9.99. The number of fused-ring (bicyclic) bond motifs is 1. The Morgan fingerprint density at radius 1 is 1.35 bits per heavy atom. The molecule has 1 amide bonds. The molecule has 2 heterocycles. The Morgan fingerprint density at radius 3 is 3.06 bits per heavy atom. The van der Waals surface area contributed by atoms with Crippen LogP contribution in [-0.4, -0.2) is 25.1 Å². The number of carbonyl (C=O) groups excluding carboxylic acids is 1. The first kappa shape index (κ1) is 10.6. The van der Waals surface area contributed by atoms with E-state index in [1.54, 1.807) is 0 Å². The number of nitrogens with one attached hydrogen (secondary N) is 2. The molecule has 1 aromatic rings. The van der Waals surface area contributed by atoms with E-state index in [0.29, 0.717) is 5.92 Å². The minimum atomic E-state index is -0.338. The van der Waals surface area contributed by atoms with Crippen LogP contribution in [0.3, 0.4) is 0 Å². The van der Waals surface area contributed by atoms with Gasteiger partial charge in [-0.3, -0.25) is 4.79 Å². The molecule has 4 nitrogen and oxygen atoms in total. The number of ether oxygens (including phenoxy) is 1. The summed E-state index contributed by atoms with van der Waals surface area (Å²) in [5.74, 6) is 1.31. The first-order valence-corrected chi connectivity index (χ1v) is 6.10. The fraction of sp³-hybridized carbons (Fsp3) is 0.462. The highest BCUT2D eigenvalue weighted by Crippen LogP contribution is 2.31. The van der Waals surface area contributed by atoms with E-state index in [-0.39, 0.29) is 12.0 Å². The van der Waals surface area contributed by atoms with Gasteiger partial charge in [-0.15, -0.1) is 0 Å². The summed E-state index contributed by atoms with van der Waals surface area (Å²) in [6, 6.07) is 7.57. The molecular formula is C13H16N2O2. The summed E-state index contributed by atoms with van der Waals surface area (Å²) >= 11 is 0. The standard InChI is InChI=1S/C13H16N2O2/c16-13-12(7-9-5-6-14-8-9)17-11-4-2-1-3-10(11)15-13/h1-4,9,12,14H,5-8H2,(H,15,16). The third-order valence-corrected chi connectivity index (χ3v) is 3.42. The Labute approximate surface area is 100 Å².